The summed E-state index contributed by atoms with van der Waals surface area (Å²) in [7, 11) is 1.07. The number of methoxy groups -OCH3 is 1. The van der Waals surface area contributed by atoms with E-state index in [0.29, 0.717) is 5.52 Å². The van der Waals surface area contributed by atoms with Crippen LogP contribution in [0.3, 0.4) is 0 Å². The number of nitrogens with two attached hydrogens (primary N) is 1. The van der Waals surface area contributed by atoms with Gasteiger partial charge in [0, 0.05) is 0 Å². The largest absolute Gasteiger partial charge is 0.510 e. The van der Waals surface area contributed by atoms with Gasteiger partial charge in [0.2, 0.25) is 11.9 Å². The number of carbonyl (C=O) groups is 1. The van der Waals surface area contributed by atoms with Gasteiger partial charge in [-0.15, -0.1) is 0 Å². The molecule has 0 spiro atoms. The van der Waals surface area contributed by atoms with Crippen LogP contribution in [0.2, 0.25) is 0 Å². The molecule has 24 heavy (non-hydrogen) atoms. The first-order valence-electron chi connectivity index (χ1n) is 6.73. The Balaban J connectivity index is 2.07. The molecule has 3 rings (SSSR count). The van der Waals surface area contributed by atoms with Crippen LogP contribution in [-0.2, 0) is 19.8 Å². The molecule has 126 valence electrons. The van der Waals surface area contributed by atoms with Gasteiger partial charge in [-0.25, -0.2) is 14.3 Å². The molecule has 11 heteroatoms. The molecule has 11 nitrogen and oxygen atoms in total. The summed E-state index contributed by atoms with van der Waals surface area (Å²) < 4.78 is 15.7. The number of anilines is 1. The summed E-state index contributed by atoms with van der Waals surface area (Å²) in [5.74, 6) is 0.153. The van der Waals surface area contributed by atoms with Gasteiger partial charge in [-0.1, -0.05) is 0 Å². The molecule has 0 saturated carbocycles. The molecule has 1 saturated heterocycles. The minimum Gasteiger partial charge on any atom is -0.438 e. The predicted molar refractivity (Wildman–Crippen MR) is 75.1 cm³/mol. The van der Waals surface area contributed by atoms with Gasteiger partial charge < -0.3 is 30.2 Å². The van der Waals surface area contributed by atoms with E-state index in [1.807, 2.05) is 0 Å². The molecule has 3 heterocycles. The number of aliphatic hydroxyl groups excluding tert-OH is 2. The van der Waals surface area contributed by atoms with Crippen LogP contribution in [-0.4, -0.2) is 56.6 Å². The van der Waals surface area contributed by atoms with Crippen molar-refractivity contribution in [3.05, 3.63) is 24.2 Å². The van der Waals surface area contributed by atoms with E-state index >= 15 is 0 Å². The third-order valence-corrected chi connectivity index (χ3v) is 3.73. The maximum Gasteiger partial charge on any atom is 0.510 e. The summed E-state index contributed by atoms with van der Waals surface area (Å²) in [5.41, 5.74) is 4.17. The number of nitriles is 1. The van der Waals surface area contributed by atoms with Crippen LogP contribution >= 0.6 is 0 Å². The van der Waals surface area contributed by atoms with E-state index in [-0.39, 0.29) is 11.5 Å². The molecule has 0 amide bonds. The second-order valence-electron chi connectivity index (χ2n) is 5.00. The van der Waals surface area contributed by atoms with E-state index in [1.165, 1.54) is 16.6 Å². The number of ether oxygens (including phenoxy) is 3. The van der Waals surface area contributed by atoms with E-state index < -0.39 is 30.3 Å². The van der Waals surface area contributed by atoms with Crippen molar-refractivity contribution in [2.45, 2.75) is 24.1 Å². The molecule has 2 aromatic rings. The lowest BCUT2D eigenvalue weighted by Crippen LogP contribution is -2.41. The minimum atomic E-state index is -2.04. The van der Waals surface area contributed by atoms with Gasteiger partial charge in [-0.2, -0.15) is 10.4 Å². The summed E-state index contributed by atoms with van der Waals surface area (Å²) >= 11 is 0. The van der Waals surface area contributed by atoms with E-state index in [1.54, 1.807) is 6.07 Å². The number of hydrogen-bond acceptors (Lipinski definition) is 10. The maximum absolute atomic E-state index is 11.2. The fourth-order valence-electron chi connectivity index (χ4n) is 2.54. The van der Waals surface area contributed by atoms with Crippen molar-refractivity contribution in [2.75, 3.05) is 12.8 Å². The van der Waals surface area contributed by atoms with E-state index in [4.69, 9.17) is 15.2 Å². The lowest BCUT2D eigenvalue weighted by molar-refractivity contribution is -0.160. The quantitative estimate of drug-likeness (QED) is 0.573. The summed E-state index contributed by atoms with van der Waals surface area (Å²) in [6, 6.07) is 4.78. The van der Waals surface area contributed by atoms with Gasteiger partial charge in [-0.3, -0.25) is 0 Å². The van der Waals surface area contributed by atoms with Gasteiger partial charge in [0.15, 0.2) is 5.82 Å². The van der Waals surface area contributed by atoms with Crippen molar-refractivity contribution >= 4 is 17.5 Å². The molecule has 1 fully saturated rings. The highest BCUT2D eigenvalue weighted by molar-refractivity contribution is 5.66. The molecular formula is C13H13N5O6. The average Bonchev–Trinajstić information content (AvgIpc) is 3.11. The number of fused-ring (bicyclic) bond motifs is 1. The van der Waals surface area contributed by atoms with Crippen molar-refractivity contribution in [3.8, 4) is 6.07 Å². The monoisotopic (exact) mass is 335 g/mol. The minimum absolute atomic E-state index is 0.0941. The van der Waals surface area contributed by atoms with Gasteiger partial charge in [0.25, 0.3) is 0 Å². The van der Waals surface area contributed by atoms with Crippen molar-refractivity contribution in [1.82, 2.24) is 14.6 Å². The molecule has 4 N–H and O–H groups in total. The van der Waals surface area contributed by atoms with Crippen LogP contribution in [0.25, 0.3) is 5.52 Å². The van der Waals surface area contributed by atoms with Crippen molar-refractivity contribution in [2.24, 2.45) is 0 Å². The summed E-state index contributed by atoms with van der Waals surface area (Å²) in [5, 5.41) is 34.0. The van der Waals surface area contributed by atoms with Crippen LogP contribution in [0.1, 0.15) is 5.69 Å². The van der Waals surface area contributed by atoms with Crippen molar-refractivity contribution in [1.29, 1.82) is 5.26 Å². The first kappa shape index (κ1) is 15.9. The standard InChI is InChI=1S/C13H13N5O6/c1-22-12(21)23-11-8(19)9(20)13(4-14,24-11)7-3-2-6-10(15)16-5-17-18(6)7/h2-3,5,8-9,11,19-20H,1H3,(H2,15,16,17)/t8-,9+,11-,13-/m0/s1. The first-order valence-corrected chi connectivity index (χ1v) is 6.73. The van der Waals surface area contributed by atoms with Crippen LogP contribution in [0.15, 0.2) is 18.5 Å². The Hall–Kier alpha value is -2.94. The van der Waals surface area contributed by atoms with E-state index in [0.717, 1.165) is 13.4 Å². The maximum atomic E-state index is 11.2. The van der Waals surface area contributed by atoms with Gasteiger partial charge in [-0.05, 0) is 12.1 Å². The number of nitrogen functional groups attached to an aromatic ring is 1. The molecule has 1 aliphatic heterocycles. The summed E-state index contributed by atoms with van der Waals surface area (Å²) in [6.07, 6.45) is -4.96. The van der Waals surface area contributed by atoms with Crippen molar-refractivity contribution in [3.63, 3.8) is 0 Å². The van der Waals surface area contributed by atoms with Gasteiger partial charge in [0.05, 0.1) is 12.8 Å². The number of aromatic nitrogens is 3. The van der Waals surface area contributed by atoms with Crippen LogP contribution in [0.5, 0.6) is 0 Å². The van der Waals surface area contributed by atoms with Crippen LogP contribution in [0.4, 0.5) is 10.6 Å². The Kier molecular flexibility index (Phi) is 3.72. The SMILES string of the molecule is COC(=O)O[C@H]1O[C@@](C#N)(c2ccc3c(N)ncnn23)[C@H](O)[C@@H]1O. The van der Waals surface area contributed by atoms with E-state index in [2.05, 4.69) is 14.8 Å². The highest BCUT2D eigenvalue weighted by Gasteiger charge is 2.59. The molecule has 1 aliphatic rings. The number of rotatable bonds is 2. The Bertz CT molecular complexity index is 832. The van der Waals surface area contributed by atoms with Crippen LogP contribution < -0.4 is 5.73 Å². The zero-order chi connectivity index (χ0) is 17.5. The third-order valence-electron chi connectivity index (χ3n) is 3.73. The first-order chi connectivity index (χ1) is 11.4. The number of nitrogens with zero attached hydrogens (tertiary/aromatic N) is 4. The fourth-order valence-corrected chi connectivity index (χ4v) is 2.54. The Morgan fingerprint density at radius 1 is 1.54 bits per heavy atom. The number of aliphatic hydroxyl groups is 2. The fraction of sp³-hybridized carbons (Fsp3) is 0.385. The molecule has 0 unspecified atom stereocenters. The number of hydrogen-bond donors (Lipinski definition) is 3. The highest BCUT2D eigenvalue weighted by atomic mass is 16.8. The van der Waals surface area contributed by atoms with Crippen molar-refractivity contribution < 1.29 is 29.2 Å². The molecular weight excluding hydrogens is 322 g/mol. The smallest absolute Gasteiger partial charge is 0.438 e. The summed E-state index contributed by atoms with van der Waals surface area (Å²) in [4.78, 5) is 15.0. The van der Waals surface area contributed by atoms with Crippen LogP contribution in [0, 0.1) is 11.3 Å². The summed E-state index contributed by atoms with van der Waals surface area (Å²) in [6.45, 7) is 0. The molecule has 4 atom stereocenters. The normalized spacial score (nSPS) is 29.3. The Morgan fingerprint density at radius 2 is 2.29 bits per heavy atom. The molecule has 0 aromatic carbocycles. The van der Waals surface area contributed by atoms with E-state index in [9.17, 15) is 20.3 Å². The molecule has 2 aromatic heterocycles. The third kappa shape index (κ3) is 2.13. The zero-order valence-electron chi connectivity index (χ0n) is 12.4. The lowest BCUT2D eigenvalue weighted by Gasteiger charge is -2.23. The predicted octanol–water partition coefficient (Wildman–Crippen LogP) is -1.11. The number of carbonyl (C=O) groups excluding carboxylic acids is 1. The molecule has 0 radical (unpaired) electrons. The molecule has 0 aliphatic carbocycles. The topological polar surface area (TPSA) is 165 Å². The Morgan fingerprint density at radius 3 is 2.96 bits per heavy atom. The average molecular weight is 335 g/mol. The molecule has 0 bridgehead atoms. The highest BCUT2D eigenvalue weighted by Crippen LogP contribution is 2.40. The second kappa shape index (κ2) is 5.60. The van der Waals surface area contributed by atoms with Gasteiger partial charge >= 0.3 is 6.16 Å². The second-order valence-corrected chi connectivity index (χ2v) is 5.00. The lowest BCUT2D eigenvalue weighted by atomic mass is 9.93. The Labute approximate surface area is 134 Å². The zero-order valence-corrected chi connectivity index (χ0v) is 12.4. The van der Waals surface area contributed by atoms with Gasteiger partial charge in [0.1, 0.15) is 30.1 Å².